The van der Waals surface area contributed by atoms with E-state index >= 15 is 0 Å². The van der Waals surface area contributed by atoms with Gasteiger partial charge in [-0.15, -0.1) is 0 Å². The van der Waals surface area contributed by atoms with E-state index in [2.05, 4.69) is 33.7 Å². The molecule has 1 aromatic carbocycles. The van der Waals surface area contributed by atoms with Crippen LogP contribution in [0, 0.1) is 20.8 Å². The Hall–Kier alpha value is -2.56. The number of nitrogens with zero attached hydrogens (tertiary/aromatic N) is 1. The molecule has 5 nitrogen and oxygen atoms in total. The van der Waals surface area contributed by atoms with Gasteiger partial charge in [-0.2, -0.15) is 0 Å². The van der Waals surface area contributed by atoms with E-state index in [9.17, 15) is 9.59 Å². The Bertz CT molecular complexity index is 778. The molecule has 0 radical (unpaired) electrons. The Morgan fingerprint density at radius 1 is 1.08 bits per heavy atom. The first-order valence-electron chi connectivity index (χ1n) is 9.05. The van der Waals surface area contributed by atoms with Gasteiger partial charge in [0.2, 0.25) is 0 Å². The molecule has 2 rings (SSSR count). The number of ether oxygens (including phenoxy) is 1. The minimum Gasteiger partial charge on any atom is -0.469 e. The van der Waals surface area contributed by atoms with Crippen LogP contribution in [0.15, 0.2) is 30.3 Å². The summed E-state index contributed by atoms with van der Waals surface area (Å²) in [5, 5.41) is 2.98. The van der Waals surface area contributed by atoms with Crippen molar-refractivity contribution in [2.45, 2.75) is 46.5 Å². The van der Waals surface area contributed by atoms with Gasteiger partial charge in [0.15, 0.2) is 0 Å². The van der Waals surface area contributed by atoms with Gasteiger partial charge in [0.1, 0.15) is 0 Å². The lowest BCUT2D eigenvalue weighted by Gasteiger charge is -2.12. The maximum Gasteiger partial charge on any atom is 0.305 e. The molecule has 0 saturated heterocycles. The van der Waals surface area contributed by atoms with Gasteiger partial charge in [-0.25, -0.2) is 0 Å². The van der Waals surface area contributed by atoms with Gasteiger partial charge in [0, 0.05) is 30.0 Å². The van der Waals surface area contributed by atoms with Crippen LogP contribution < -0.4 is 5.32 Å². The van der Waals surface area contributed by atoms with Crippen molar-refractivity contribution in [1.82, 2.24) is 9.88 Å². The zero-order valence-electron chi connectivity index (χ0n) is 16.1. The van der Waals surface area contributed by atoms with Crippen LogP contribution in [0.1, 0.15) is 53.0 Å². The Balaban J connectivity index is 1.95. The fourth-order valence-electron chi connectivity index (χ4n) is 3.15. The van der Waals surface area contributed by atoms with Gasteiger partial charge in [-0.1, -0.05) is 24.6 Å². The first kappa shape index (κ1) is 19.8. The third-order valence-corrected chi connectivity index (χ3v) is 4.60. The lowest BCUT2D eigenvalue weighted by molar-refractivity contribution is -0.140. The van der Waals surface area contributed by atoms with Crippen molar-refractivity contribution < 1.29 is 14.3 Å². The van der Waals surface area contributed by atoms with Crippen molar-refractivity contribution in [2.75, 3.05) is 13.7 Å². The van der Waals surface area contributed by atoms with E-state index < -0.39 is 0 Å². The number of unbranched alkanes of at least 4 members (excludes halogenated alkanes) is 2. The first-order chi connectivity index (χ1) is 12.5. The highest BCUT2D eigenvalue weighted by Gasteiger charge is 2.17. The lowest BCUT2D eigenvalue weighted by atomic mass is 10.2. The summed E-state index contributed by atoms with van der Waals surface area (Å²) < 4.78 is 6.74. The highest BCUT2D eigenvalue weighted by Crippen LogP contribution is 2.23. The van der Waals surface area contributed by atoms with Gasteiger partial charge in [0.25, 0.3) is 5.91 Å². The Morgan fingerprint density at radius 2 is 1.81 bits per heavy atom. The van der Waals surface area contributed by atoms with Crippen LogP contribution in [-0.2, 0) is 9.53 Å². The van der Waals surface area contributed by atoms with Crippen LogP contribution >= 0.6 is 0 Å². The molecule has 1 aromatic heterocycles. The summed E-state index contributed by atoms with van der Waals surface area (Å²) in [4.78, 5) is 23.6. The number of rotatable bonds is 8. The number of para-hydroxylation sites is 1. The van der Waals surface area contributed by atoms with E-state index in [0.29, 0.717) is 18.5 Å². The van der Waals surface area contributed by atoms with Crippen LogP contribution in [0.3, 0.4) is 0 Å². The standard InChI is InChI=1S/C21H28N2O3/c1-15-10-7-8-11-19(15)23-16(2)14-18(17(23)3)21(25)22-13-9-5-6-12-20(24)26-4/h7-8,10-11,14H,5-6,9,12-13H2,1-4H3,(H,22,25). The molecule has 0 bridgehead atoms. The Morgan fingerprint density at radius 3 is 2.50 bits per heavy atom. The topological polar surface area (TPSA) is 60.3 Å². The fourth-order valence-corrected chi connectivity index (χ4v) is 3.15. The van der Waals surface area contributed by atoms with Crippen molar-refractivity contribution in [3.05, 3.63) is 52.8 Å². The summed E-state index contributed by atoms with van der Waals surface area (Å²) in [5.74, 6) is -0.233. The number of hydrogen-bond acceptors (Lipinski definition) is 3. The number of amides is 1. The highest BCUT2D eigenvalue weighted by molar-refractivity contribution is 5.95. The normalized spacial score (nSPS) is 10.6. The third-order valence-electron chi connectivity index (χ3n) is 4.60. The second-order valence-electron chi connectivity index (χ2n) is 6.55. The SMILES string of the molecule is COC(=O)CCCCCNC(=O)c1cc(C)n(-c2ccccc2C)c1C. The van der Waals surface area contributed by atoms with Crippen molar-refractivity contribution in [2.24, 2.45) is 0 Å². The second-order valence-corrected chi connectivity index (χ2v) is 6.55. The summed E-state index contributed by atoms with van der Waals surface area (Å²) in [6.07, 6.45) is 2.95. The van der Waals surface area contributed by atoms with Crippen LogP contribution in [0.4, 0.5) is 0 Å². The molecule has 1 amide bonds. The van der Waals surface area contributed by atoms with Gasteiger partial charge in [-0.05, 0) is 51.3 Å². The van der Waals surface area contributed by atoms with Crippen molar-refractivity contribution in [3.63, 3.8) is 0 Å². The molecule has 0 aliphatic carbocycles. The molecular formula is C21H28N2O3. The number of aryl methyl sites for hydroxylation is 2. The highest BCUT2D eigenvalue weighted by atomic mass is 16.5. The fraction of sp³-hybridized carbons (Fsp3) is 0.429. The number of carbonyl (C=O) groups excluding carboxylic acids is 2. The van der Waals surface area contributed by atoms with E-state index in [1.165, 1.54) is 12.7 Å². The average molecular weight is 356 g/mol. The largest absolute Gasteiger partial charge is 0.469 e. The molecule has 0 saturated carbocycles. The molecule has 5 heteroatoms. The van der Waals surface area contributed by atoms with Gasteiger partial charge >= 0.3 is 5.97 Å². The molecule has 140 valence electrons. The molecule has 0 fully saturated rings. The van der Waals surface area contributed by atoms with Crippen LogP contribution in [0.25, 0.3) is 5.69 Å². The summed E-state index contributed by atoms with van der Waals surface area (Å²) in [6, 6.07) is 10.1. The Labute approximate surface area is 155 Å². The molecule has 26 heavy (non-hydrogen) atoms. The monoisotopic (exact) mass is 356 g/mol. The predicted octanol–water partition coefficient (Wildman–Crippen LogP) is 3.87. The average Bonchev–Trinajstić information content (AvgIpc) is 2.92. The Kier molecular flexibility index (Phi) is 7.01. The molecule has 1 heterocycles. The maximum absolute atomic E-state index is 12.5. The number of aromatic nitrogens is 1. The van der Waals surface area contributed by atoms with Crippen LogP contribution in [0.5, 0.6) is 0 Å². The van der Waals surface area contributed by atoms with Crippen LogP contribution in [0.2, 0.25) is 0 Å². The zero-order chi connectivity index (χ0) is 19.1. The van der Waals surface area contributed by atoms with E-state index in [4.69, 9.17) is 0 Å². The van der Waals surface area contributed by atoms with E-state index in [1.807, 2.05) is 32.0 Å². The van der Waals surface area contributed by atoms with Crippen molar-refractivity contribution >= 4 is 11.9 Å². The molecule has 0 atom stereocenters. The first-order valence-corrected chi connectivity index (χ1v) is 9.05. The lowest BCUT2D eigenvalue weighted by Crippen LogP contribution is -2.25. The molecule has 0 unspecified atom stereocenters. The molecule has 0 aliphatic rings. The van der Waals surface area contributed by atoms with Gasteiger partial charge in [0.05, 0.1) is 12.7 Å². The minimum absolute atomic E-state index is 0.0501. The van der Waals surface area contributed by atoms with Crippen LogP contribution in [-0.4, -0.2) is 30.1 Å². The van der Waals surface area contributed by atoms with Gasteiger partial charge in [-0.3, -0.25) is 9.59 Å². The molecular weight excluding hydrogens is 328 g/mol. The quantitative estimate of drug-likeness (QED) is 0.577. The van der Waals surface area contributed by atoms with Crippen molar-refractivity contribution in [3.8, 4) is 5.69 Å². The summed E-state index contributed by atoms with van der Waals surface area (Å²) >= 11 is 0. The third kappa shape index (κ3) is 4.75. The summed E-state index contributed by atoms with van der Waals surface area (Å²) in [5.41, 5.74) is 4.97. The number of nitrogens with one attached hydrogen (secondary N) is 1. The van der Waals surface area contributed by atoms with Gasteiger partial charge < -0.3 is 14.6 Å². The smallest absolute Gasteiger partial charge is 0.305 e. The molecule has 0 aliphatic heterocycles. The maximum atomic E-state index is 12.5. The number of esters is 1. The number of carbonyl (C=O) groups is 2. The second kappa shape index (κ2) is 9.22. The summed E-state index contributed by atoms with van der Waals surface area (Å²) in [7, 11) is 1.40. The van der Waals surface area contributed by atoms with E-state index in [-0.39, 0.29) is 11.9 Å². The number of benzene rings is 1. The molecule has 2 aromatic rings. The van der Waals surface area contributed by atoms with Crippen molar-refractivity contribution in [1.29, 1.82) is 0 Å². The summed E-state index contributed by atoms with van der Waals surface area (Å²) in [6.45, 7) is 6.67. The van der Waals surface area contributed by atoms with E-state index in [0.717, 1.165) is 36.3 Å². The number of methoxy groups -OCH3 is 1. The molecule has 1 N–H and O–H groups in total. The number of hydrogen-bond donors (Lipinski definition) is 1. The molecule has 0 spiro atoms. The predicted molar refractivity (Wildman–Crippen MR) is 103 cm³/mol. The zero-order valence-corrected chi connectivity index (χ0v) is 16.1. The van der Waals surface area contributed by atoms with E-state index in [1.54, 1.807) is 0 Å². The minimum atomic E-state index is -0.183.